The predicted octanol–water partition coefficient (Wildman–Crippen LogP) is 3.64. The highest BCUT2D eigenvalue weighted by Gasteiger charge is 2.16. The van der Waals surface area contributed by atoms with Crippen molar-refractivity contribution in [2.75, 3.05) is 31.4 Å². The second-order valence-electron chi connectivity index (χ2n) is 6.63. The van der Waals surface area contributed by atoms with Crippen molar-refractivity contribution in [3.05, 3.63) is 55.1 Å². The second kappa shape index (κ2) is 9.57. The Kier molecular flexibility index (Phi) is 6.42. The third-order valence-electron chi connectivity index (χ3n) is 4.54. The van der Waals surface area contributed by atoms with Gasteiger partial charge in [-0.2, -0.15) is 0 Å². The number of allylic oxidation sites excluding steroid dienone is 1. The summed E-state index contributed by atoms with van der Waals surface area (Å²) in [5, 5.41) is 12.1. The van der Waals surface area contributed by atoms with Gasteiger partial charge in [-0.1, -0.05) is 17.8 Å². The molecule has 9 heteroatoms. The number of nitrogens with one attached hydrogen (secondary N) is 1. The first kappa shape index (κ1) is 20.8. The third kappa shape index (κ3) is 4.83. The summed E-state index contributed by atoms with van der Waals surface area (Å²) in [4.78, 5) is 12.5. The molecule has 0 saturated carbocycles. The molecular weight excluding hydrogens is 416 g/mol. The third-order valence-corrected chi connectivity index (χ3v) is 5.50. The average Bonchev–Trinajstić information content (AvgIpc) is 3.20. The molecule has 1 amide bonds. The van der Waals surface area contributed by atoms with Crippen LogP contribution in [0.4, 0.5) is 5.69 Å². The molecule has 31 heavy (non-hydrogen) atoms. The summed E-state index contributed by atoms with van der Waals surface area (Å²) in [6, 6.07) is 12.9. The van der Waals surface area contributed by atoms with E-state index < -0.39 is 0 Å². The Morgan fingerprint density at radius 3 is 2.71 bits per heavy atom. The van der Waals surface area contributed by atoms with E-state index >= 15 is 0 Å². The van der Waals surface area contributed by atoms with Gasteiger partial charge < -0.3 is 19.5 Å². The van der Waals surface area contributed by atoms with Gasteiger partial charge in [-0.3, -0.25) is 9.36 Å². The molecule has 0 fully saturated rings. The number of fused-ring (bicyclic) bond motifs is 1. The zero-order chi connectivity index (χ0) is 21.6. The molecule has 1 aliphatic rings. The van der Waals surface area contributed by atoms with E-state index in [2.05, 4.69) is 22.1 Å². The van der Waals surface area contributed by atoms with Gasteiger partial charge in [0.15, 0.2) is 22.5 Å². The molecule has 0 saturated heterocycles. The van der Waals surface area contributed by atoms with Crippen molar-refractivity contribution in [1.29, 1.82) is 0 Å². The molecule has 1 N–H and O–H groups in total. The summed E-state index contributed by atoms with van der Waals surface area (Å²) in [7, 11) is 1.62. The number of aromatic nitrogens is 3. The SMILES string of the molecule is C=CCn1c(SCC(=O)Nc2ccc3c(c2)OCCO3)nnc1-c1ccc(OC)cc1. The van der Waals surface area contributed by atoms with Crippen LogP contribution in [0, 0.1) is 0 Å². The summed E-state index contributed by atoms with van der Waals surface area (Å²) in [6.45, 7) is 5.37. The predicted molar refractivity (Wildman–Crippen MR) is 119 cm³/mol. The topological polar surface area (TPSA) is 87.5 Å². The molecule has 160 valence electrons. The highest BCUT2D eigenvalue weighted by Crippen LogP contribution is 2.33. The van der Waals surface area contributed by atoms with Crippen LogP contribution in [-0.2, 0) is 11.3 Å². The maximum atomic E-state index is 12.5. The Morgan fingerprint density at radius 1 is 1.19 bits per heavy atom. The van der Waals surface area contributed by atoms with Crippen molar-refractivity contribution in [2.24, 2.45) is 0 Å². The second-order valence-corrected chi connectivity index (χ2v) is 7.57. The number of rotatable bonds is 8. The van der Waals surface area contributed by atoms with Crippen LogP contribution in [0.5, 0.6) is 17.2 Å². The Balaban J connectivity index is 1.43. The van der Waals surface area contributed by atoms with Crippen molar-refractivity contribution >= 4 is 23.4 Å². The van der Waals surface area contributed by atoms with Crippen molar-refractivity contribution in [3.63, 3.8) is 0 Å². The van der Waals surface area contributed by atoms with Crippen LogP contribution < -0.4 is 19.5 Å². The number of thioether (sulfide) groups is 1. The van der Waals surface area contributed by atoms with Gasteiger partial charge in [0.25, 0.3) is 0 Å². The van der Waals surface area contributed by atoms with Gasteiger partial charge in [0, 0.05) is 23.9 Å². The van der Waals surface area contributed by atoms with E-state index in [-0.39, 0.29) is 11.7 Å². The monoisotopic (exact) mass is 438 g/mol. The molecule has 2 aromatic carbocycles. The van der Waals surface area contributed by atoms with E-state index in [0.717, 1.165) is 11.3 Å². The normalized spacial score (nSPS) is 12.3. The lowest BCUT2D eigenvalue weighted by Gasteiger charge is -2.19. The highest BCUT2D eigenvalue weighted by molar-refractivity contribution is 7.99. The maximum Gasteiger partial charge on any atom is 0.234 e. The van der Waals surface area contributed by atoms with Gasteiger partial charge in [0.1, 0.15) is 19.0 Å². The van der Waals surface area contributed by atoms with Crippen LogP contribution in [0.25, 0.3) is 11.4 Å². The van der Waals surface area contributed by atoms with Gasteiger partial charge in [-0.15, -0.1) is 16.8 Å². The van der Waals surface area contributed by atoms with Gasteiger partial charge >= 0.3 is 0 Å². The minimum absolute atomic E-state index is 0.152. The first-order chi connectivity index (χ1) is 15.2. The number of ether oxygens (including phenoxy) is 3. The Labute approximate surface area is 184 Å². The number of methoxy groups -OCH3 is 1. The van der Waals surface area contributed by atoms with Crippen molar-refractivity contribution in [2.45, 2.75) is 11.7 Å². The minimum Gasteiger partial charge on any atom is -0.497 e. The van der Waals surface area contributed by atoms with E-state index in [1.54, 1.807) is 31.4 Å². The van der Waals surface area contributed by atoms with Crippen molar-refractivity contribution < 1.29 is 19.0 Å². The molecule has 0 atom stereocenters. The lowest BCUT2D eigenvalue weighted by molar-refractivity contribution is -0.113. The molecule has 8 nitrogen and oxygen atoms in total. The summed E-state index contributed by atoms with van der Waals surface area (Å²) in [6.07, 6.45) is 1.77. The zero-order valence-electron chi connectivity index (χ0n) is 17.0. The van der Waals surface area contributed by atoms with Gasteiger partial charge in [-0.05, 0) is 36.4 Å². The number of carbonyl (C=O) groups excluding carboxylic acids is 1. The largest absolute Gasteiger partial charge is 0.497 e. The summed E-state index contributed by atoms with van der Waals surface area (Å²) in [5.41, 5.74) is 1.56. The standard InChI is InChI=1S/C22H22N4O4S/c1-3-10-26-21(15-4-7-17(28-2)8-5-15)24-25-22(26)31-14-20(27)23-16-6-9-18-19(13-16)30-12-11-29-18/h3-9,13H,1,10-12,14H2,2H3,(H,23,27). The molecular formula is C22H22N4O4S. The maximum absolute atomic E-state index is 12.5. The quantitative estimate of drug-likeness (QED) is 0.424. The van der Waals surface area contributed by atoms with E-state index in [9.17, 15) is 4.79 Å². The number of nitrogens with zero attached hydrogens (tertiary/aromatic N) is 3. The lowest BCUT2D eigenvalue weighted by atomic mass is 10.2. The summed E-state index contributed by atoms with van der Waals surface area (Å²) < 4.78 is 18.2. The Hall–Kier alpha value is -3.46. The average molecular weight is 439 g/mol. The summed E-state index contributed by atoms with van der Waals surface area (Å²) >= 11 is 1.32. The summed E-state index contributed by atoms with van der Waals surface area (Å²) in [5.74, 6) is 2.82. The zero-order valence-corrected chi connectivity index (χ0v) is 17.9. The number of hydrogen-bond donors (Lipinski definition) is 1. The minimum atomic E-state index is -0.152. The van der Waals surface area contributed by atoms with Gasteiger partial charge in [-0.25, -0.2) is 0 Å². The molecule has 0 unspecified atom stereocenters. The van der Waals surface area contributed by atoms with Crippen LogP contribution in [0.2, 0.25) is 0 Å². The van der Waals surface area contributed by atoms with Gasteiger partial charge in [0.2, 0.25) is 5.91 Å². The van der Waals surface area contributed by atoms with Crippen LogP contribution in [0.3, 0.4) is 0 Å². The van der Waals surface area contributed by atoms with E-state index in [0.29, 0.717) is 47.9 Å². The molecule has 0 radical (unpaired) electrons. The molecule has 0 aliphatic carbocycles. The Morgan fingerprint density at radius 2 is 1.97 bits per heavy atom. The fourth-order valence-electron chi connectivity index (χ4n) is 3.09. The van der Waals surface area contributed by atoms with Crippen LogP contribution in [-0.4, -0.2) is 46.7 Å². The van der Waals surface area contributed by atoms with Crippen LogP contribution in [0.1, 0.15) is 0 Å². The number of benzene rings is 2. The van der Waals surface area contributed by atoms with Gasteiger partial charge in [0.05, 0.1) is 12.9 Å². The van der Waals surface area contributed by atoms with E-state index in [1.807, 2.05) is 28.8 Å². The number of hydrogen-bond acceptors (Lipinski definition) is 7. The molecule has 1 aromatic heterocycles. The van der Waals surface area contributed by atoms with Crippen molar-refractivity contribution in [3.8, 4) is 28.6 Å². The number of anilines is 1. The Bertz CT molecular complexity index is 1080. The lowest BCUT2D eigenvalue weighted by Crippen LogP contribution is -2.17. The van der Waals surface area contributed by atoms with Crippen LogP contribution in [0.15, 0.2) is 60.3 Å². The molecule has 4 rings (SSSR count). The number of carbonyl (C=O) groups is 1. The van der Waals surface area contributed by atoms with E-state index in [4.69, 9.17) is 14.2 Å². The molecule has 2 heterocycles. The first-order valence-corrected chi connectivity index (χ1v) is 10.7. The number of amides is 1. The van der Waals surface area contributed by atoms with Crippen molar-refractivity contribution in [1.82, 2.24) is 14.8 Å². The molecule has 3 aromatic rings. The fourth-order valence-corrected chi connectivity index (χ4v) is 3.84. The molecule has 0 bridgehead atoms. The van der Waals surface area contributed by atoms with Crippen LogP contribution >= 0.6 is 11.8 Å². The fraction of sp³-hybridized carbons (Fsp3) is 0.227. The molecule has 0 spiro atoms. The van der Waals surface area contributed by atoms with E-state index in [1.165, 1.54) is 11.8 Å². The smallest absolute Gasteiger partial charge is 0.234 e. The first-order valence-electron chi connectivity index (χ1n) is 9.69. The highest BCUT2D eigenvalue weighted by atomic mass is 32.2. The molecule has 1 aliphatic heterocycles.